The van der Waals surface area contributed by atoms with E-state index in [1.165, 1.54) is 0 Å². The van der Waals surface area contributed by atoms with E-state index in [2.05, 4.69) is 20.2 Å². The molecule has 1 unspecified atom stereocenters. The fourth-order valence-corrected chi connectivity index (χ4v) is 1.96. The molecule has 2 heterocycles. The van der Waals surface area contributed by atoms with Gasteiger partial charge in [0.2, 0.25) is 0 Å². The smallest absolute Gasteiger partial charge is 0.378 e. The highest BCUT2D eigenvalue weighted by Crippen LogP contribution is 2.32. The lowest BCUT2D eigenvalue weighted by Crippen LogP contribution is -2.21. The van der Waals surface area contributed by atoms with Gasteiger partial charge in [-0.25, -0.2) is 13.8 Å². The molecule has 0 saturated heterocycles. The summed E-state index contributed by atoms with van der Waals surface area (Å²) in [7, 11) is 0. The van der Waals surface area contributed by atoms with Crippen LogP contribution >= 0.6 is 0 Å². The van der Waals surface area contributed by atoms with Crippen LogP contribution in [0.3, 0.4) is 0 Å². The first-order valence-corrected chi connectivity index (χ1v) is 6.18. The molecule has 0 bridgehead atoms. The van der Waals surface area contributed by atoms with Crippen molar-refractivity contribution >= 4 is 11.0 Å². The third-order valence-electron chi connectivity index (χ3n) is 3.06. The number of nitrogens with one attached hydrogen (secondary N) is 1. The minimum atomic E-state index is -4.90. The van der Waals surface area contributed by atoms with E-state index in [4.69, 9.17) is 0 Å². The number of aromatic nitrogens is 4. The minimum absolute atomic E-state index is 0.0375. The number of H-pyrrole nitrogens is 1. The van der Waals surface area contributed by atoms with E-state index in [9.17, 15) is 27.1 Å². The topological polar surface area (TPSA) is 74.7 Å². The van der Waals surface area contributed by atoms with E-state index >= 15 is 0 Å². The van der Waals surface area contributed by atoms with Gasteiger partial charge in [-0.3, -0.25) is 0 Å². The van der Waals surface area contributed by atoms with Crippen LogP contribution < -0.4 is 0 Å². The molecule has 120 valence electrons. The number of aliphatic hydroxyl groups is 1. The largest absolute Gasteiger partial charge is 0.420 e. The number of alkyl halides is 3. The average Bonchev–Trinajstić information content (AvgIpc) is 2.89. The number of rotatable bonds is 2. The van der Waals surface area contributed by atoms with Crippen LogP contribution in [-0.2, 0) is 0 Å². The third-order valence-corrected chi connectivity index (χ3v) is 3.06. The van der Waals surface area contributed by atoms with Gasteiger partial charge in [-0.15, -0.1) is 0 Å². The summed E-state index contributed by atoms with van der Waals surface area (Å²) in [5.74, 6) is -2.15. The maximum absolute atomic E-state index is 13.2. The second kappa shape index (κ2) is 5.23. The van der Waals surface area contributed by atoms with Gasteiger partial charge in [0.1, 0.15) is 11.5 Å². The van der Waals surface area contributed by atoms with Gasteiger partial charge in [0.15, 0.2) is 17.7 Å². The van der Waals surface area contributed by atoms with Crippen LogP contribution in [-0.4, -0.2) is 31.4 Å². The quantitative estimate of drug-likeness (QED) is 0.709. The fraction of sp³-hybridized carbons (Fsp3) is 0.154. The number of nitrogens with zero attached hydrogens (tertiary/aromatic N) is 3. The number of aliphatic hydroxyl groups excluding tert-OH is 1. The summed E-state index contributed by atoms with van der Waals surface area (Å²) in [4.78, 5) is 6.59. The maximum atomic E-state index is 13.2. The molecule has 1 aromatic carbocycles. The van der Waals surface area contributed by atoms with Gasteiger partial charge in [0, 0.05) is 17.7 Å². The normalized spacial score (nSPS) is 13.5. The lowest BCUT2D eigenvalue weighted by atomic mass is 10.2. The molecule has 0 aliphatic carbocycles. The van der Waals surface area contributed by atoms with Crippen molar-refractivity contribution in [2.45, 2.75) is 12.3 Å². The number of aromatic amines is 1. The number of hydrogen-bond acceptors (Lipinski definition) is 4. The Morgan fingerprint density at radius 3 is 2.48 bits per heavy atom. The molecule has 0 spiro atoms. The summed E-state index contributed by atoms with van der Waals surface area (Å²) in [6.07, 6.45) is -6.58. The molecule has 0 aliphatic heterocycles. The number of halogens is 5. The van der Waals surface area contributed by atoms with Crippen LogP contribution in [0.15, 0.2) is 24.4 Å². The first-order valence-electron chi connectivity index (χ1n) is 6.18. The summed E-state index contributed by atoms with van der Waals surface area (Å²) < 4.78 is 63.8. The molecule has 3 aromatic rings. The highest BCUT2D eigenvalue weighted by atomic mass is 19.4. The molecule has 2 aromatic heterocycles. The van der Waals surface area contributed by atoms with E-state index in [-0.39, 0.29) is 22.4 Å². The zero-order valence-corrected chi connectivity index (χ0v) is 11.1. The van der Waals surface area contributed by atoms with Crippen molar-refractivity contribution in [2.24, 2.45) is 0 Å². The molecule has 0 fully saturated rings. The first kappa shape index (κ1) is 15.3. The number of fused-ring (bicyclic) bond motifs is 1. The summed E-state index contributed by atoms with van der Waals surface area (Å²) >= 11 is 0. The molecule has 10 heteroatoms. The van der Waals surface area contributed by atoms with Crippen LogP contribution in [0.2, 0.25) is 0 Å². The molecule has 3 rings (SSSR count). The first-order chi connectivity index (χ1) is 10.8. The Balaban J connectivity index is 2.05. The van der Waals surface area contributed by atoms with Crippen molar-refractivity contribution in [1.82, 2.24) is 20.2 Å². The van der Waals surface area contributed by atoms with E-state index in [0.29, 0.717) is 0 Å². The van der Waals surface area contributed by atoms with Gasteiger partial charge in [0.05, 0.1) is 17.2 Å². The predicted molar refractivity (Wildman–Crippen MR) is 68.1 cm³/mol. The molecule has 0 aliphatic rings. The SMILES string of the molecule is OC(c1cc(-c2nc3cc(F)c(F)cc3[nH]2)cnn1)C(F)(F)F. The second-order valence-corrected chi connectivity index (χ2v) is 4.68. The van der Waals surface area contributed by atoms with Gasteiger partial charge in [-0.1, -0.05) is 0 Å². The van der Waals surface area contributed by atoms with Crippen LogP contribution in [0, 0.1) is 11.6 Å². The minimum Gasteiger partial charge on any atom is -0.378 e. The van der Waals surface area contributed by atoms with Crippen molar-refractivity contribution < 1.29 is 27.1 Å². The van der Waals surface area contributed by atoms with Crippen LogP contribution in [0.25, 0.3) is 22.4 Å². The Morgan fingerprint density at radius 2 is 1.78 bits per heavy atom. The number of imidazole rings is 1. The fourth-order valence-electron chi connectivity index (χ4n) is 1.96. The average molecular weight is 330 g/mol. The summed E-state index contributed by atoms with van der Waals surface area (Å²) in [6.45, 7) is 0. The Hall–Kier alpha value is -2.62. The molecule has 0 saturated carbocycles. The maximum Gasteiger partial charge on any atom is 0.420 e. The lowest BCUT2D eigenvalue weighted by Gasteiger charge is -2.13. The van der Waals surface area contributed by atoms with E-state index in [0.717, 1.165) is 24.4 Å². The van der Waals surface area contributed by atoms with Gasteiger partial charge in [-0.2, -0.15) is 23.4 Å². The Bertz CT molecular complexity index is 837. The van der Waals surface area contributed by atoms with Crippen LogP contribution in [0.1, 0.15) is 11.8 Å². The number of hydrogen-bond donors (Lipinski definition) is 2. The molecule has 2 N–H and O–H groups in total. The molecular weight excluding hydrogens is 323 g/mol. The molecule has 5 nitrogen and oxygen atoms in total. The standard InChI is InChI=1S/C13H7F5N4O/c14-6-2-8-9(3-7(6)15)21-12(20-8)5-1-10(22-19-4-5)11(23)13(16,17)18/h1-4,11,23H,(H,20,21). The van der Waals surface area contributed by atoms with E-state index in [1.54, 1.807) is 0 Å². The van der Waals surface area contributed by atoms with E-state index in [1.807, 2.05) is 0 Å². The van der Waals surface area contributed by atoms with Crippen molar-refractivity contribution in [3.8, 4) is 11.4 Å². The molecule has 23 heavy (non-hydrogen) atoms. The van der Waals surface area contributed by atoms with Gasteiger partial charge in [-0.05, 0) is 6.07 Å². The summed E-state index contributed by atoms with van der Waals surface area (Å²) in [6, 6.07) is 2.67. The predicted octanol–water partition coefficient (Wildman–Crippen LogP) is 2.89. The Morgan fingerprint density at radius 1 is 1.09 bits per heavy atom. The van der Waals surface area contributed by atoms with Gasteiger partial charge < -0.3 is 10.1 Å². The molecule has 0 radical (unpaired) electrons. The Kier molecular flexibility index (Phi) is 3.48. The van der Waals surface area contributed by atoms with Crippen molar-refractivity contribution in [3.63, 3.8) is 0 Å². The Labute approximate surface area is 124 Å². The van der Waals surface area contributed by atoms with Gasteiger partial charge in [0.25, 0.3) is 0 Å². The molecular formula is C13H7F5N4O. The van der Waals surface area contributed by atoms with Crippen molar-refractivity contribution in [2.75, 3.05) is 0 Å². The van der Waals surface area contributed by atoms with Crippen LogP contribution in [0.4, 0.5) is 22.0 Å². The number of benzene rings is 1. The van der Waals surface area contributed by atoms with E-state index < -0.39 is 29.6 Å². The van der Waals surface area contributed by atoms with Crippen LogP contribution in [0.5, 0.6) is 0 Å². The lowest BCUT2D eigenvalue weighted by molar-refractivity contribution is -0.208. The highest BCUT2D eigenvalue weighted by Gasteiger charge is 2.40. The monoisotopic (exact) mass is 330 g/mol. The molecule has 1 atom stereocenters. The third kappa shape index (κ3) is 2.84. The zero-order valence-electron chi connectivity index (χ0n) is 11.1. The van der Waals surface area contributed by atoms with Gasteiger partial charge >= 0.3 is 6.18 Å². The summed E-state index contributed by atoms with van der Waals surface area (Å²) in [5, 5.41) is 15.8. The van der Waals surface area contributed by atoms with Crippen molar-refractivity contribution in [3.05, 3.63) is 41.7 Å². The highest BCUT2D eigenvalue weighted by molar-refractivity contribution is 5.79. The van der Waals surface area contributed by atoms with Crippen molar-refractivity contribution in [1.29, 1.82) is 0 Å². The second-order valence-electron chi connectivity index (χ2n) is 4.68. The molecule has 0 amide bonds. The summed E-state index contributed by atoms with van der Waals surface area (Å²) in [5.41, 5.74) is -0.384. The zero-order chi connectivity index (χ0) is 16.8.